The van der Waals surface area contributed by atoms with E-state index in [1.54, 1.807) is 17.0 Å². The van der Waals surface area contributed by atoms with Gasteiger partial charge in [-0.2, -0.15) is 0 Å². The van der Waals surface area contributed by atoms with Crippen LogP contribution in [0, 0.1) is 11.3 Å². The largest absolute Gasteiger partial charge is 0.490 e. The maximum atomic E-state index is 13.1. The minimum atomic E-state index is -0.624. The average Bonchev–Trinajstić information content (AvgIpc) is 2.74. The van der Waals surface area contributed by atoms with Gasteiger partial charge in [0.25, 0.3) is 0 Å². The Labute approximate surface area is 177 Å². The fourth-order valence-corrected chi connectivity index (χ4v) is 3.49. The van der Waals surface area contributed by atoms with Gasteiger partial charge in [0.15, 0.2) is 0 Å². The molecular formula is C23H27ClN2O3. The van der Waals surface area contributed by atoms with Crippen molar-refractivity contribution in [2.75, 3.05) is 23.4 Å². The van der Waals surface area contributed by atoms with Gasteiger partial charge in [0.2, 0.25) is 11.8 Å². The molecule has 0 unspecified atom stereocenters. The predicted molar refractivity (Wildman–Crippen MR) is 117 cm³/mol. The summed E-state index contributed by atoms with van der Waals surface area (Å²) in [5.41, 5.74) is 1.44. The van der Waals surface area contributed by atoms with Crippen molar-refractivity contribution in [3.63, 3.8) is 0 Å². The van der Waals surface area contributed by atoms with Gasteiger partial charge in [-0.15, -0.1) is 0 Å². The van der Waals surface area contributed by atoms with Crippen LogP contribution in [0.25, 0.3) is 0 Å². The molecule has 0 radical (unpaired) electrons. The molecule has 0 saturated carbocycles. The van der Waals surface area contributed by atoms with Gasteiger partial charge in [0.1, 0.15) is 12.4 Å². The van der Waals surface area contributed by atoms with Crippen LogP contribution in [0.3, 0.4) is 0 Å². The average molecular weight is 415 g/mol. The molecule has 3 rings (SSSR count). The number of anilines is 2. The fourth-order valence-electron chi connectivity index (χ4n) is 3.29. The molecule has 0 aliphatic carbocycles. The zero-order valence-corrected chi connectivity index (χ0v) is 18.0. The van der Waals surface area contributed by atoms with Gasteiger partial charge in [-0.05, 0) is 49.6 Å². The summed E-state index contributed by atoms with van der Waals surface area (Å²) in [7, 11) is 0. The lowest BCUT2D eigenvalue weighted by Gasteiger charge is -2.29. The van der Waals surface area contributed by atoms with E-state index in [1.165, 1.54) is 0 Å². The van der Waals surface area contributed by atoms with Crippen molar-refractivity contribution in [3.05, 3.63) is 53.1 Å². The topological polar surface area (TPSA) is 58.6 Å². The zero-order valence-electron chi connectivity index (χ0n) is 17.3. The second kappa shape index (κ2) is 8.46. The zero-order chi connectivity index (χ0) is 21.2. The van der Waals surface area contributed by atoms with Crippen LogP contribution in [-0.2, 0) is 16.0 Å². The number of rotatable bonds is 5. The smallest absolute Gasteiger partial charge is 0.236 e. The van der Waals surface area contributed by atoms with E-state index in [0.29, 0.717) is 41.2 Å². The van der Waals surface area contributed by atoms with E-state index in [9.17, 15) is 9.59 Å². The number of carbonyl (C=O) groups is 2. The van der Waals surface area contributed by atoms with Crippen LogP contribution in [0.2, 0.25) is 5.02 Å². The highest BCUT2D eigenvalue weighted by Gasteiger charge is 2.38. The van der Waals surface area contributed by atoms with Crippen molar-refractivity contribution in [3.8, 4) is 5.75 Å². The fraction of sp³-hybridized carbons (Fsp3) is 0.391. The number of nitrogens with one attached hydrogen (secondary N) is 1. The van der Waals surface area contributed by atoms with Crippen molar-refractivity contribution in [1.29, 1.82) is 0 Å². The Morgan fingerprint density at radius 2 is 1.97 bits per heavy atom. The summed E-state index contributed by atoms with van der Waals surface area (Å²) in [5, 5.41) is 3.47. The first kappa shape index (κ1) is 21.2. The Balaban J connectivity index is 1.86. The third-order valence-corrected chi connectivity index (χ3v) is 5.17. The summed E-state index contributed by atoms with van der Waals surface area (Å²) in [4.78, 5) is 27.4. The Morgan fingerprint density at radius 1 is 1.24 bits per heavy atom. The van der Waals surface area contributed by atoms with E-state index in [4.69, 9.17) is 16.3 Å². The summed E-state index contributed by atoms with van der Waals surface area (Å²) < 4.78 is 5.92. The molecule has 154 valence electrons. The molecule has 0 fully saturated rings. The summed E-state index contributed by atoms with van der Waals surface area (Å²) in [5.74, 6) is 0.784. The van der Waals surface area contributed by atoms with Crippen LogP contribution in [-0.4, -0.2) is 25.0 Å². The molecule has 0 saturated heterocycles. The molecule has 1 heterocycles. The lowest BCUT2D eigenvalue weighted by Crippen LogP contribution is -2.43. The number of halogens is 1. The maximum Gasteiger partial charge on any atom is 0.236 e. The minimum Gasteiger partial charge on any atom is -0.490 e. The molecule has 1 aliphatic heterocycles. The van der Waals surface area contributed by atoms with Gasteiger partial charge in [-0.3, -0.25) is 9.59 Å². The van der Waals surface area contributed by atoms with Crippen molar-refractivity contribution >= 4 is 34.8 Å². The van der Waals surface area contributed by atoms with Crippen molar-refractivity contribution < 1.29 is 14.3 Å². The van der Waals surface area contributed by atoms with Crippen LogP contribution < -0.4 is 15.0 Å². The highest BCUT2D eigenvalue weighted by atomic mass is 35.5. The van der Waals surface area contributed by atoms with Crippen LogP contribution in [0.1, 0.15) is 33.3 Å². The van der Waals surface area contributed by atoms with Crippen molar-refractivity contribution in [2.45, 2.75) is 34.1 Å². The van der Waals surface area contributed by atoms with Crippen LogP contribution in [0.15, 0.2) is 42.5 Å². The Morgan fingerprint density at radius 3 is 2.66 bits per heavy atom. The molecule has 2 aromatic rings. The van der Waals surface area contributed by atoms with Gasteiger partial charge in [-0.25, -0.2) is 0 Å². The third kappa shape index (κ3) is 4.91. The SMILES string of the molecule is CC(C)CN1C(=O)C(C)(C)COc2ccc(NC(=O)Cc3ccccc3Cl)cc21. The van der Waals surface area contributed by atoms with Crippen LogP contribution in [0.4, 0.5) is 11.4 Å². The molecule has 0 bridgehead atoms. The molecule has 2 amide bonds. The number of ether oxygens (including phenoxy) is 1. The quantitative estimate of drug-likeness (QED) is 0.754. The molecule has 0 atom stereocenters. The summed E-state index contributed by atoms with van der Waals surface area (Å²) in [6.45, 7) is 8.81. The number of carbonyl (C=O) groups excluding carboxylic acids is 2. The second-order valence-corrected chi connectivity index (χ2v) is 8.89. The maximum absolute atomic E-state index is 13.1. The van der Waals surface area contributed by atoms with Gasteiger partial charge in [-0.1, -0.05) is 43.6 Å². The standard InChI is InChI=1S/C23H27ClN2O3/c1-15(2)13-26-19-12-17(9-10-20(19)29-14-23(3,4)22(26)28)25-21(27)11-16-7-5-6-8-18(16)24/h5-10,12,15H,11,13-14H2,1-4H3,(H,25,27). The first-order valence-corrected chi connectivity index (χ1v) is 10.2. The van der Waals surface area contributed by atoms with Crippen LogP contribution in [0.5, 0.6) is 5.75 Å². The Kier molecular flexibility index (Phi) is 6.18. The molecule has 29 heavy (non-hydrogen) atoms. The van der Waals surface area contributed by atoms with E-state index in [-0.39, 0.29) is 18.2 Å². The number of hydrogen-bond acceptors (Lipinski definition) is 3. The second-order valence-electron chi connectivity index (χ2n) is 8.48. The van der Waals surface area contributed by atoms with Crippen LogP contribution >= 0.6 is 11.6 Å². The summed E-state index contributed by atoms with van der Waals surface area (Å²) in [6, 6.07) is 12.7. The van der Waals surface area contributed by atoms with Gasteiger partial charge >= 0.3 is 0 Å². The third-order valence-electron chi connectivity index (χ3n) is 4.80. The minimum absolute atomic E-state index is 0.0180. The van der Waals surface area contributed by atoms with Gasteiger partial charge < -0.3 is 15.0 Å². The summed E-state index contributed by atoms with van der Waals surface area (Å²) in [6.07, 6.45) is 0.176. The van der Waals surface area contributed by atoms with Gasteiger partial charge in [0, 0.05) is 17.3 Å². The molecular weight excluding hydrogens is 388 g/mol. The molecule has 2 aromatic carbocycles. The number of fused-ring (bicyclic) bond motifs is 1. The lowest BCUT2D eigenvalue weighted by atomic mass is 9.92. The first-order valence-electron chi connectivity index (χ1n) is 9.79. The monoisotopic (exact) mass is 414 g/mol. The number of amides is 2. The Bertz CT molecular complexity index is 924. The van der Waals surface area contributed by atoms with E-state index >= 15 is 0 Å². The van der Waals surface area contributed by atoms with E-state index in [1.807, 2.05) is 44.2 Å². The molecule has 1 N–H and O–H groups in total. The van der Waals surface area contributed by atoms with Crippen molar-refractivity contribution in [1.82, 2.24) is 0 Å². The first-order chi connectivity index (χ1) is 13.7. The van der Waals surface area contributed by atoms with E-state index in [2.05, 4.69) is 19.2 Å². The van der Waals surface area contributed by atoms with Crippen molar-refractivity contribution in [2.24, 2.45) is 11.3 Å². The lowest BCUT2D eigenvalue weighted by molar-refractivity contribution is -0.127. The molecule has 1 aliphatic rings. The molecule has 6 heteroatoms. The van der Waals surface area contributed by atoms with E-state index in [0.717, 1.165) is 5.56 Å². The number of hydrogen-bond donors (Lipinski definition) is 1. The predicted octanol–water partition coefficient (Wildman–Crippen LogP) is 4.93. The highest BCUT2D eigenvalue weighted by Crippen LogP contribution is 2.38. The van der Waals surface area contributed by atoms with E-state index < -0.39 is 5.41 Å². The summed E-state index contributed by atoms with van der Waals surface area (Å²) >= 11 is 6.15. The highest BCUT2D eigenvalue weighted by molar-refractivity contribution is 6.31. The Hall–Kier alpha value is -2.53. The number of benzene rings is 2. The normalized spacial score (nSPS) is 15.5. The molecule has 5 nitrogen and oxygen atoms in total. The molecule has 0 spiro atoms. The number of nitrogens with zero attached hydrogens (tertiary/aromatic N) is 1. The molecule has 0 aromatic heterocycles. The van der Waals surface area contributed by atoms with Gasteiger partial charge in [0.05, 0.1) is 17.5 Å².